The normalized spacial score (nSPS) is 10.2. The van der Waals surface area contributed by atoms with Crippen molar-refractivity contribution < 1.29 is 19.0 Å². The molecule has 0 spiro atoms. The maximum absolute atomic E-state index is 11.3. The summed E-state index contributed by atoms with van der Waals surface area (Å²) in [5.41, 5.74) is 1.21. The minimum atomic E-state index is -0.0630. The van der Waals surface area contributed by atoms with Crippen LogP contribution in [0.2, 0.25) is 0 Å². The molecule has 0 aliphatic heterocycles. The Morgan fingerprint density at radius 1 is 1.05 bits per heavy atom. The number of carbonyl (C=O) groups is 1. The third-order valence-corrected chi connectivity index (χ3v) is 3.68. The fraction of sp³-hybridized carbons (Fsp3) is 0.286. The van der Waals surface area contributed by atoms with Crippen LogP contribution in [-0.4, -0.2) is 32.1 Å². The van der Waals surface area contributed by atoms with E-state index in [2.05, 4.69) is 4.98 Å². The van der Waals surface area contributed by atoms with Crippen molar-refractivity contribution in [2.24, 2.45) is 0 Å². The van der Waals surface area contributed by atoms with Crippen LogP contribution in [0.15, 0.2) is 17.5 Å². The summed E-state index contributed by atoms with van der Waals surface area (Å²) in [7, 11) is 4.70. The highest BCUT2D eigenvalue weighted by Gasteiger charge is 2.16. The van der Waals surface area contributed by atoms with Crippen LogP contribution in [0.1, 0.15) is 17.4 Å². The molecule has 1 heterocycles. The number of ketones is 1. The Bertz CT molecular complexity index is 636. The third kappa shape index (κ3) is 2.60. The highest BCUT2D eigenvalue weighted by atomic mass is 32.1. The van der Waals surface area contributed by atoms with Crippen molar-refractivity contribution in [3.8, 4) is 27.8 Å². The molecule has 6 heteroatoms. The van der Waals surface area contributed by atoms with Crippen LogP contribution in [0, 0.1) is 0 Å². The molecule has 0 unspecified atom stereocenters. The van der Waals surface area contributed by atoms with Crippen LogP contribution in [0.25, 0.3) is 10.6 Å². The van der Waals surface area contributed by atoms with Crippen LogP contribution in [0.4, 0.5) is 0 Å². The molecule has 1 aromatic carbocycles. The van der Waals surface area contributed by atoms with Gasteiger partial charge in [0.2, 0.25) is 0 Å². The number of rotatable bonds is 5. The van der Waals surface area contributed by atoms with E-state index in [0.717, 1.165) is 5.56 Å². The van der Waals surface area contributed by atoms with Crippen molar-refractivity contribution in [2.75, 3.05) is 21.3 Å². The van der Waals surface area contributed by atoms with E-state index in [9.17, 15) is 4.79 Å². The largest absolute Gasteiger partial charge is 0.496 e. The summed E-state index contributed by atoms with van der Waals surface area (Å²) < 4.78 is 15.9. The lowest BCUT2D eigenvalue weighted by Crippen LogP contribution is -1.95. The highest BCUT2D eigenvalue weighted by molar-refractivity contribution is 7.13. The van der Waals surface area contributed by atoms with E-state index in [-0.39, 0.29) is 5.78 Å². The lowest BCUT2D eigenvalue weighted by molar-refractivity contribution is 0.101. The Kier molecular flexibility index (Phi) is 4.24. The molecule has 106 valence electrons. The zero-order chi connectivity index (χ0) is 14.7. The predicted octanol–water partition coefficient (Wildman–Crippen LogP) is 3.04. The fourth-order valence-corrected chi connectivity index (χ4v) is 2.63. The van der Waals surface area contributed by atoms with Gasteiger partial charge in [0.15, 0.2) is 17.3 Å². The van der Waals surface area contributed by atoms with Gasteiger partial charge in [-0.05, 0) is 6.07 Å². The number of carbonyl (C=O) groups excluding carboxylic acids is 1. The zero-order valence-electron chi connectivity index (χ0n) is 11.7. The molecule has 1 aromatic heterocycles. The Morgan fingerprint density at radius 2 is 1.65 bits per heavy atom. The summed E-state index contributed by atoms with van der Waals surface area (Å²) in [5.74, 6) is 1.72. The van der Waals surface area contributed by atoms with E-state index in [0.29, 0.717) is 28.0 Å². The Labute approximate surface area is 121 Å². The number of thiazole rings is 1. The zero-order valence-corrected chi connectivity index (χ0v) is 12.5. The molecule has 0 N–H and O–H groups in total. The van der Waals surface area contributed by atoms with Gasteiger partial charge in [0.1, 0.15) is 16.5 Å². The molecule has 5 nitrogen and oxygen atoms in total. The van der Waals surface area contributed by atoms with Gasteiger partial charge < -0.3 is 14.2 Å². The van der Waals surface area contributed by atoms with Gasteiger partial charge in [-0.1, -0.05) is 0 Å². The lowest BCUT2D eigenvalue weighted by atomic mass is 10.2. The van der Waals surface area contributed by atoms with E-state index in [1.165, 1.54) is 18.3 Å². The third-order valence-electron chi connectivity index (χ3n) is 2.80. The van der Waals surface area contributed by atoms with Gasteiger partial charge in [-0.2, -0.15) is 0 Å². The maximum atomic E-state index is 11.3. The number of benzene rings is 1. The number of methoxy groups -OCH3 is 3. The molecule has 0 aliphatic rings. The van der Waals surface area contributed by atoms with E-state index >= 15 is 0 Å². The fourth-order valence-electron chi connectivity index (χ4n) is 1.76. The van der Waals surface area contributed by atoms with Gasteiger partial charge in [0, 0.05) is 18.4 Å². The van der Waals surface area contributed by atoms with Crippen LogP contribution in [-0.2, 0) is 0 Å². The number of Topliss-reactive ketones (excluding diaryl/α,β-unsaturated/α-hetero) is 1. The van der Waals surface area contributed by atoms with Crippen molar-refractivity contribution in [3.05, 3.63) is 23.2 Å². The van der Waals surface area contributed by atoms with E-state index in [4.69, 9.17) is 14.2 Å². The van der Waals surface area contributed by atoms with Crippen molar-refractivity contribution in [2.45, 2.75) is 6.92 Å². The molecule has 0 radical (unpaired) electrons. The molecule has 0 fully saturated rings. The van der Waals surface area contributed by atoms with Gasteiger partial charge in [0.25, 0.3) is 0 Å². The van der Waals surface area contributed by atoms with Crippen LogP contribution < -0.4 is 14.2 Å². The molecule has 2 rings (SSSR count). The molecule has 0 bridgehead atoms. The van der Waals surface area contributed by atoms with Gasteiger partial charge in [-0.15, -0.1) is 11.3 Å². The monoisotopic (exact) mass is 293 g/mol. The predicted molar refractivity (Wildman–Crippen MR) is 77.2 cm³/mol. The summed E-state index contributed by atoms with van der Waals surface area (Å²) in [6.45, 7) is 1.49. The first-order chi connectivity index (χ1) is 9.60. The van der Waals surface area contributed by atoms with E-state index in [1.807, 2.05) is 0 Å². The molecule has 0 atom stereocenters. The van der Waals surface area contributed by atoms with Crippen molar-refractivity contribution in [1.29, 1.82) is 0 Å². The lowest BCUT2D eigenvalue weighted by Gasteiger charge is -2.12. The first kappa shape index (κ1) is 14.3. The van der Waals surface area contributed by atoms with Crippen molar-refractivity contribution >= 4 is 17.1 Å². The van der Waals surface area contributed by atoms with E-state index in [1.54, 1.807) is 38.8 Å². The topological polar surface area (TPSA) is 57.7 Å². The molecular formula is C14H15NO4S. The molecule has 0 amide bonds. The smallest absolute Gasteiger partial charge is 0.178 e. The van der Waals surface area contributed by atoms with E-state index < -0.39 is 0 Å². The minimum Gasteiger partial charge on any atom is -0.496 e. The second-order valence-corrected chi connectivity index (χ2v) is 4.86. The molecule has 0 saturated carbocycles. The van der Waals surface area contributed by atoms with Crippen molar-refractivity contribution in [1.82, 2.24) is 4.98 Å². The second kappa shape index (κ2) is 5.92. The number of hydrogen-bond acceptors (Lipinski definition) is 6. The SMILES string of the molecule is COc1cc(OC)c(-c2nc(C(C)=O)cs2)cc1OC. The average molecular weight is 293 g/mol. The average Bonchev–Trinajstić information content (AvgIpc) is 2.95. The Balaban J connectivity index is 2.56. The van der Waals surface area contributed by atoms with Crippen LogP contribution >= 0.6 is 11.3 Å². The number of ether oxygens (including phenoxy) is 3. The summed E-state index contributed by atoms with van der Waals surface area (Å²) in [6, 6.07) is 3.53. The van der Waals surface area contributed by atoms with Gasteiger partial charge in [0.05, 0.1) is 26.9 Å². The molecule has 2 aromatic rings. The number of hydrogen-bond donors (Lipinski definition) is 0. The number of aromatic nitrogens is 1. The maximum Gasteiger partial charge on any atom is 0.178 e. The Morgan fingerprint density at radius 3 is 2.15 bits per heavy atom. The summed E-state index contributed by atoms with van der Waals surface area (Å²) in [4.78, 5) is 15.6. The van der Waals surface area contributed by atoms with Gasteiger partial charge in [-0.25, -0.2) is 4.98 Å². The van der Waals surface area contributed by atoms with Crippen LogP contribution in [0.3, 0.4) is 0 Å². The van der Waals surface area contributed by atoms with Crippen molar-refractivity contribution in [3.63, 3.8) is 0 Å². The summed E-state index contributed by atoms with van der Waals surface area (Å²) >= 11 is 1.38. The molecule has 0 aliphatic carbocycles. The summed E-state index contributed by atoms with van der Waals surface area (Å²) in [5, 5.41) is 2.43. The second-order valence-electron chi connectivity index (χ2n) is 4.00. The summed E-state index contributed by atoms with van der Waals surface area (Å²) in [6.07, 6.45) is 0. The Hall–Kier alpha value is -2.08. The molecular weight excluding hydrogens is 278 g/mol. The quantitative estimate of drug-likeness (QED) is 0.793. The molecule has 20 heavy (non-hydrogen) atoms. The molecule has 0 saturated heterocycles. The first-order valence-electron chi connectivity index (χ1n) is 5.87. The minimum absolute atomic E-state index is 0.0630. The standard InChI is InChI=1S/C14H15NO4S/c1-8(16)10-7-20-14(15-10)9-5-12(18-3)13(19-4)6-11(9)17-2/h5-7H,1-4H3. The van der Waals surface area contributed by atoms with Gasteiger partial charge >= 0.3 is 0 Å². The first-order valence-corrected chi connectivity index (χ1v) is 6.75. The highest BCUT2D eigenvalue weighted by Crippen LogP contribution is 2.40. The number of nitrogens with zero attached hydrogens (tertiary/aromatic N) is 1. The van der Waals surface area contributed by atoms with Gasteiger partial charge in [-0.3, -0.25) is 4.79 Å². The van der Waals surface area contributed by atoms with Crippen LogP contribution in [0.5, 0.6) is 17.2 Å².